The van der Waals surface area contributed by atoms with Gasteiger partial charge >= 0.3 is 17.9 Å². The number of piperidine rings is 1. The van der Waals surface area contributed by atoms with Crippen LogP contribution in [0.5, 0.6) is 11.5 Å². The average Bonchev–Trinajstić information content (AvgIpc) is 2.81. The van der Waals surface area contributed by atoms with E-state index in [2.05, 4.69) is 11.5 Å². The van der Waals surface area contributed by atoms with Crippen LogP contribution in [-0.4, -0.2) is 59.3 Å². The number of nitrogens with zero attached hydrogens (tertiary/aromatic N) is 1. The van der Waals surface area contributed by atoms with Crippen molar-refractivity contribution >= 4 is 17.9 Å². The normalized spacial score (nSPS) is 14.8. The van der Waals surface area contributed by atoms with E-state index in [0.717, 1.165) is 30.9 Å². The smallest absolute Gasteiger partial charge is 0.414 e. The van der Waals surface area contributed by atoms with E-state index in [9.17, 15) is 4.79 Å². The molecule has 1 heterocycles. The Labute approximate surface area is 193 Å². The van der Waals surface area contributed by atoms with Crippen LogP contribution < -0.4 is 4.74 Å². The van der Waals surface area contributed by atoms with Crippen LogP contribution in [0, 0.1) is 0 Å². The number of para-hydroxylation sites is 2. The maximum absolute atomic E-state index is 13.1. The lowest BCUT2D eigenvalue weighted by molar-refractivity contribution is -0.159. The molecule has 8 nitrogen and oxygen atoms in total. The summed E-state index contributed by atoms with van der Waals surface area (Å²) in [6.07, 6.45) is 3.31. The zero-order valence-corrected chi connectivity index (χ0v) is 18.6. The Bertz CT molecular complexity index is 938. The summed E-state index contributed by atoms with van der Waals surface area (Å²) < 4.78 is 11.7. The van der Waals surface area contributed by atoms with Crippen LogP contribution in [0.2, 0.25) is 0 Å². The lowest BCUT2D eigenvalue weighted by Gasteiger charge is -2.40. The number of likely N-dealkylation sites (tertiary alicyclic amines) is 1. The molecule has 1 aliphatic rings. The van der Waals surface area contributed by atoms with E-state index < -0.39 is 17.4 Å². The summed E-state index contributed by atoms with van der Waals surface area (Å²) in [4.78, 5) is 33.6. The van der Waals surface area contributed by atoms with Crippen LogP contribution >= 0.6 is 0 Å². The first-order chi connectivity index (χ1) is 15.8. The van der Waals surface area contributed by atoms with Gasteiger partial charge in [-0.1, -0.05) is 42.5 Å². The fraction of sp³-hybridized carbons (Fsp3) is 0.320. The predicted molar refractivity (Wildman–Crippen MR) is 122 cm³/mol. The van der Waals surface area contributed by atoms with Gasteiger partial charge in [0.15, 0.2) is 0 Å². The number of aliphatic carboxylic acids is 2. The zero-order chi connectivity index (χ0) is 24.3. The van der Waals surface area contributed by atoms with Gasteiger partial charge in [0, 0.05) is 12.1 Å². The van der Waals surface area contributed by atoms with Crippen LogP contribution in [0.3, 0.4) is 0 Å². The Hall–Kier alpha value is -3.65. The highest BCUT2D eigenvalue weighted by Gasteiger charge is 2.45. The molecule has 0 radical (unpaired) electrons. The molecular weight excluding hydrogens is 426 g/mol. The molecule has 1 aliphatic heterocycles. The standard InChI is InChI=1S/C23H27NO3.C2H2O4/c1-3-16-24-17-14-23(15-18-24,22(25)26-4-2)20-12-8-9-13-21(20)27-19-10-6-5-7-11-19;3-1(4)2(5)6/h3,5-13H,1,4,14-18H2,2H3;(H,3,4)(H,5,6). The second kappa shape index (κ2) is 12.4. The van der Waals surface area contributed by atoms with Crippen LogP contribution in [0.15, 0.2) is 67.3 Å². The van der Waals surface area contributed by atoms with E-state index in [1.54, 1.807) is 0 Å². The third-order valence-corrected chi connectivity index (χ3v) is 5.32. The lowest BCUT2D eigenvalue weighted by atomic mass is 9.72. The largest absolute Gasteiger partial charge is 0.473 e. The number of benzene rings is 2. The first-order valence-corrected chi connectivity index (χ1v) is 10.6. The number of carboxylic acids is 2. The van der Waals surface area contributed by atoms with Crippen LogP contribution in [0.1, 0.15) is 25.3 Å². The Kier molecular flexibility index (Phi) is 9.62. The third kappa shape index (κ3) is 6.92. The van der Waals surface area contributed by atoms with Crippen molar-refractivity contribution in [2.75, 3.05) is 26.2 Å². The maximum Gasteiger partial charge on any atom is 0.414 e. The first kappa shape index (κ1) is 25.6. The van der Waals surface area contributed by atoms with E-state index in [-0.39, 0.29) is 5.97 Å². The second-order valence-electron chi connectivity index (χ2n) is 7.41. The average molecular weight is 456 g/mol. The van der Waals surface area contributed by atoms with Gasteiger partial charge in [-0.2, -0.15) is 0 Å². The van der Waals surface area contributed by atoms with Crippen molar-refractivity contribution in [2.45, 2.75) is 25.2 Å². The van der Waals surface area contributed by atoms with Crippen molar-refractivity contribution in [3.8, 4) is 11.5 Å². The Morgan fingerprint density at radius 1 is 1.00 bits per heavy atom. The number of esters is 1. The highest BCUT2D eigenvalue weighted by atomic mass is 16.5. The number of ether oxygens (including phenoxy) is 2. The summed E-state index contributed by atoms with van der Waals surface area (Å²) in [5.74, 6) is -2.33. The van der Waals surface area contributed by atoms with Crippen LogP contribution in [0.4, 0.5) is 0 Å². The first-order valence-electron chi connectivity index (χ1n) is 10.6. The van der Waals surface area contributed by atoms with Crippen molar-refractivity contribution in [1.82, 2.24) is 4.90 Å². The van der Waals surface area contributed by atoms with E-state index in [0.29, 0.717) is 25.2 Å². The fourth-order valence-electron chi connectivity index (χ4n) is 3.72. The number of carbonyl (C=O) groups is 3. The van der Waals surface area contributed by atoms with E-state index in [1.807, 2.05) is 67.6 Å². The van der Waals surface area contributed by atoms with Crippen molar-refractivity contribution in [1.29, 1.82) is 0 Å². The minimum Gasteiger partial charge on any atom is -0.473 e. The molecule has 0 bridgehead atoms. The molecule has 1 saturated heterocycles. The molecule has 0 saturated carbocycles. The third-order valence-electron chi connectivity index (χ3n) is 5.32. The highest BCUT2D eigenvalue weighted by molar-refractivity contribution is 6.27. The van der Waals surface area contributed by atoms with Gasteiger partial charge < -0.3 is 19.7 Å². The Morgan fingerprint density at radius 3 is 2.12 bits per heavy atom. The number of rotatable bonds is 7. The molecule has 0 aromatic heterocycles. The van der Waals surface area contributed by atoms with Gasteiger partial charge in [0.2, 0.25) is 0 Å². The quantitative estimate of drug-likeness (QED) is 0.369. The summed E-state index contributed by atoms with van der Waals surface area (Å²) in [5.41, 5.74) is 0.226. The summed E-state index contributed by atoms with van der Waals surface area (Å²) in [7, 11) is 0. The molecule has 0 atom stereocenters. The van der Waals surface area contributed by atoms with Crippen molar-refractivity contribution < 1.29 is 34.1 Å². The lowest BCUT2D eigenvalue weighted by Crippen LogP contribution is -2.48. The highest BCUT2D eigenvalue weighted by Crippen LogP contribution is 2.42. The van der Waals surface area contributed by atoms with Gasteiger partial charge in [0.05, 0.1) is 12.0 Å². The summed E-state index contributed by atoms with van der Waals surface area (Å²) >= 11 is 0. The van der Waals surface area contributed by atoms with Crippen molar-refractivity contribution in [2.24, 2.45) is 0 Å². The van der Waals surface area contributed by atoms with Gasteiger partial charge in [-0.05, 0) is 51.1 Å². The predicted octanol–water partition coefficient (Wildman–Crippen LogP) is 3.72. The minimum absolute atomic E-state index is 0.160. The molecule has 0 unspecified atom stereocenters. The van der Waals surface area contributed by atoms with Crippen molar-refractivity contribution in [3.05, 3.63) is 72.8 Å². The van der Waals surface area contributed by atoms with Gasteiger partial charge in [0.1, 0.15) is 11.5 Å². The van der Waals surface area contributed by atoms with Crippen molar-refractivity contribution in [3.63, 3.8) is 0 Å². The second-order valence-corrected chi connectivity index (χ2v) is 7.41. The van der Waals surface area contributed by atoms with Gasteiger partial charge in [-0.25, -0.2) is 9.59 Å². The molecule has 2 aromatic carbocycles. The maximum atomic E-state index is 13.1. The van der Waals surface area contributed by atoms with E-state index in [1.165, 1.54) is 0 Å². The SMILES string of the molecule is C=CCN1CCC(C(=O)OCC)(c2ccccc2Oc2ccccc2)CC1.O=C(O)C(=O)O. The molecule has 2 aromatic rings. The van der Waals surface area contributed by atoms with E-state index in [4.69, 9.17) is 29.3 Å². The van der Waals surface area contributed by atoms with Gasteiger partial charge in [-0.15, -0.1) is 6.58 Å². The number of hydrogen-bond acceptors (Lipinski definition) is 6. The molecular formula is C25H29NO7. The number of hydrogen-bond donors (Lipinski definition) is 2. The van der Waals surface area contributed by atoms with Crippen LogP contribution in [-0.2, 0) is 24.5 Å². The Balaban J connectivity index is 0.000000569. The number of carbonyl (C=O) groups excluding carboxylic acids is 1. The monoisotopic (exact) mass is 455 g/mol. The molecule has 3 rings (SSSR count). The molecule has 2 N–H and O–H groups in total. The molecule has 1 fully saturated rings. The summed E-state index contributed by atoms with van der Waals surface area (Å²) in [6.45, 7) is 8.53. The number of carboxylic acid groups (broad SMARTS) is 2. The van der Waals surface area contributed by atoms with E-state index >= 15 is 0 Å². The topological polar surface area (TPSA) is 113 Å². The molecule has 33 heavy (non-hydrogen) atoms. The molecule has 176 valence electrons. The summed E-state index contributed by atoms with van der Waals surface area (Å²) in [6, 6.07) is 17.5. The van der Waals surface area contributed by atoms with Gasteiger partial charge in [0.25, 0.3) is 0 Å². The molecule has 0 spiro atoms. The Morgan fingerprint density at radius 2 is 1.58 bits per heavy atom. The fourth-order valence-corrected chi connectivity index (χ4v) is 3.72. The van der Waals surface area contributed by atoms with Crippen LogP contribution in [0.25, 0.3) is 0 Å². The zero-order valence-electron chi connectivity index (χ0n) is 18.6. The molecule has 0 amide bonds. The molecule has 8 heteroatoms. The minimum atomic E-state index is -1.82. The van der Waals surface area contributed by atoms with Gasteiger partial charge in [-0.3, -0.25) is 9.69 Å². The molecule has 0 aliphatic carbocycles. The summed E-state index contributed by atoms with van der Waals surface area (Å²) in [5, 5.41) is 14.8.